The summed E-state index contributed by atoms with van der Waals surface area (Å²) >= 11 is 0. The quantitative estimate of drug-likeness (QED) is 0.720. The van der Waals surface area contributed by atoms with Crippen molar-refractivity contribution in [2.24, 2.45) is 0 Å². The number of carbonyl (C=O) groups excluding carboxylic acids is 2. The van der Waals surface area contributed by atoms with E-state index in [4.69, 9.17) is 4.74 Å². The van der Waals surface area contributed by atoms with Gasteiger partial charge in [0.05, 0.1) is 17.9 Å². The van der Waals surface area contributed by atoms with Crippen molar-refractivity contribution < 1.29 is 14.3 Å². The molecule has 0 unspecified atom stereocenters. The highest BCUT2D eigenvalue weighted by molar-refractivity contribution is 5.93. The first-order valence-corrected chi connectivity index (χ1v) is 10.4. The number of hydrogen-bond donors (Lipinski definition) is 0. The minimum absolute atomic E-state index is 0.125. The Labute approximate surface area is 172 Å². The van der Waals surface area contributed by atoms with Crippen LogP contribution in [0, 0.1) is 20.8 Å². The number of aryl methyl sites for hydroxylation is 2. The SMILES string of the molecule is Cc1ccc(Cn2nc(C)c(C(=O)OCC(=O)N3[C@H](C)CCC[C@H]3C)c2C)cc1. The van der Waals surface area contributed by atoms with Gasteiger partial charge in [-0.2, -0.15) is 5.10 Å². The van der Waals surface area contributed by atoms with E-state index in [9.17, 15) is 9.59 Å². The Bertz CT molecular complexity index is 876. The maximum atomic E-state index is 12.7. The number of rotatable bonds is 5. The molecule has 0 aliphatic carbocycles. The second-order valence-electron chi connectivity index (χ2n) is 8.20. The van der Waals surface area contributed by atoms with Gasteiger partial charge >= 0.3 is 5.97 Å². The molecule has 29 heavy (non-hydrogen) atoms. The molecule has 6 heteroatoms. The molecule has 1 fully saturated rings. The third-order valence-electron chi connectivity index (χ3n) is 5.85. The number of amides is 1. The van der Waals surface area contributed by atoms with Crippen molar-refractivity contribution in [3.63, 3.8) is 0 Å². The van der Waals surface area contributed by atoms with Crippen molar-refractivity contribution in [3.05, 3.63) is 52.3 Å². The number of piperidine rings is 1. The Hall–Kier alpha value is -2.63. The number of carbonyl (C=O) groups is 2. The maximum Gasteiger partial charge on any atom is 0.342 e. The third-order valence-corrected chi connectivity index (χ3v) is 5.85. The van der Waals surface area contributed by atoms with Crippen LogP contribution in [-0.4, -0.2) is 45.2 Å². The minimum Gasteiger partial charge on any atom is -0.452 e. The van der Waals surface area contributed by atoms with Crippen molar-refractivity contribution in [2.75, 3.05) is 6.61 Å². The molecule has 0 spiro atoms. The molecule has 2 atom stereocenters. The molecule has 1 amide bonds. The van der Waals surface area contributed by atoms with E-state index in [0.29, 0.717) is 17.8 Å². The lowest BCUT2D eigenvalue weighted by molar-refractivity contribution is -0.140. The summed E-state index contributed by atoms with van der Waals surface area (Å²) < 4.78 is 7.21. The van der Waals surface area contributed by atoms with E-state index < -0.39 is 5.97 Å². The van der Waals surface area contributed by atoms with Gasteiger partial charge in [0.15, 0.2) is 6.61 Å². The summed E-state index contributed by atoms with van der Waals surface area (Å²) in [4.78, 5) is 27.2. The number of esters is 1. The zero-order valence-corrected chi connectivity index (χ0v) is 18.1. The highest BCUT2D eigenvalue weighted by Crippen LogP contribution is 2.23. The predicted molar refractivity (Wildman–Crippen MR) is 112 cm³/mol. The molecule has 2 heterocycles. The molecular weight excluding hydrogens is 366 g/mol. The van der Waals surface area contributed by atoms with Crippen molar-refractivity contribution >= 4 is 11.9 Å². The van der Waals surface area contributed by atoms with Crippen LogP contribution in [0.15, 0.2) is 24.3 Å². The van der Waals surface area contributed by atoms with Gasteiger partial charge in [0.1, 0.15) is 5.56 Å². The summed E-state index contributed by atoms with van der Waals surface area (Å²) in [6.07, 6.45) is 3.12. The molecule has 0 saturated carbocycles. The highest BCUT2D eigenvalue weighted by Gasteiger charge is 2.30. The van der Waals surface area contributed by atoms with Gasteiger partial charge in [0.2, 0.25) is 0 Å². The van der Waals surface area contributed by atoms with Gasteiger partial charge in [-0.05, 0) is 59.4 Å². The topological polar surface area (TPSA) is 64.4 Å². The van der Waals surface area contributed by atoms with Gasteiger partial charge in [-0.1, -0.05) is 29.8 Å². The lowest BCUT2D eigenvalue weighted by atomic mass is 9.97. The summed E-state index contributed by atoms with van der Waals surface area (Å²) in [6.45, 7) is 10.2. The summed E-state index contributed by atoms with van der Waals surface area (Å²) in [5, 5.41) is 4.51. The van der Waals surface area contributed by atoms with Crippen LogP contribution in [0.5, 0.6) is 0 Å². The van der Waals surface area contributed by atoms with Crippen LogP contribution in [0.1, 0.15) is 66.0 Å². The molecule has 0 radical (unpaired) electrons. The van der Waals surface area contributed by atoms with E-state index in [1.54, 1.807) is 6.92 Å². The smallest absolute Gasteiger partial charge is 0.342 e. The zero-order chi connectivity index (χ0) is 21.1. The molecule has 3 rings (SSSR count). The van der Waals surface area contributed by atoms with Crippen molar-refractivity contribution in [1.29, 1.82) is 0 Å². The Kier molecular flexibility index (Phi) is 6.40. The molecule has 1 saturated heterocycles. The average Bonchev–Trinajstić information content (AvgIpc) is 2.95. The minimum atomic E-state index is -0.485. The van der Waals surface area contributed by atoms with E-state index in [1.807, 2.05) is 23.4 Å². The van der Waals surface area contributed by atoms with Gasteiger partial charge in [-0.25, -0.2) is 4.79 Å². The van der Waals surface area contributed by atoms with Crippen molar-refractivity contribution in [1.82, 2.24) is 14.7 Å². The first kappa shape index (κ1) is 21.1. The van der Waals surface area contributed by atoms with E-state index in [-0.39, 0.29) is 24.6 Å². The van der Waals surface area contributed by atoms with Crippen LogP contribution in [0.2, 0.25) is 0 Å². The van der Waals surface area contributed by atoms with Crippen LogP contribution < -0.4 is 0 Å². The molecule has 156 valence electrons. The van der Waals surface area contributed by atoms with Crippen LogP contribution in [-0.2, 0) is 16.1 Å². The normalized spacial score (nSPS) is 19.3. The van der Waals surface area contributed by atoms with Crippen LogP contribution >= 0.6 is 0 Å². The molecule has 0 N–H and O–H groups in total. The molecular formula is C23H31N3O3. The molecule has 2 aromatic rings. The van der Waals surface area contributed by atoms with Gasteiger partial charge in [0, 0.05) is 12.1 Å². The van der Waals surface area contributed by atoms with Crippen molar-refractivity contribution in [2.45, 2.75) is 72.5 Å². The molecule has 1 aromatic heterocycles. The van der Waals surface area contributed by atoms with Crippen LogP contribution in [0.4, 0.5) is 0 Å². The van der Waals surface area contributed by atoms with E-state index in [0.717, 1.165) is 30.5 Å². The number of benzene rings is 1. The van der Waals surface area contributed by atoms with Gasteiger partial charge < -0.3 is 9.64 Å². The lowest BCUT2D eigenvalue weighted by Crippen LogP contribution is -2.49. The monoisotopic (exact) mass is 397 g/mol. The number of aromatic nitrogens is 2. The van der Waals surface area contributed by atoms with Gasteiger partial charge in [-0.3, -0.25) is 9.48 Å². The standard InChI is InChI=1S/C23H31N3O3/c1-15-9-11-20(12-10-15)13-25-19(5)22(18(4)24-25)23(28)29-14-21(27)26-16(2)7-6-8-17(26)3/h9-12,16-17H,6-8,13-14H2,1-5H3/t16-,17-/m1/s1. The summed E-state index contributed by atoms with van der Waals surface area (Å²) in [5.74, 6) is -0.610. The lowest BCUT2D eigenvalue weighted by Gasteiger charge is -2.38. The number of ether oxygens (including phenoxy) is 1. The van der Waals surface area contributed by atoms with Gasteiger partial charge in [0.25, 0.3) is 5.91 Å². The fourth-order valence-electron chi connectivity index (χ4n) is 4.20. The Balaban J connectivity index is 1.67. The molecule has 1 aliphatic heterocycles. The molecule has 1 aromatic carbocycles. The second kappa shape index (κ2) is 8.80. The van der Waals surface area contributed by atoms with Crippen LogP contribution in [0.3, 0.4) is 0 Å². The van der Waals surface area contributed by atoms with E-state index >= 15 is 0 Å². The molecule has 0 bridgehead atoms. The predicted octanol–water partition coefficient (Wildman–Crippen LogP) is 3.80. The number of likely N-dealkylation sites (tertiary alicyclic amines) is 1. The highest BCUT2D eigenvalue weighted by atomic mass is 16.5. The van der Waals surface area contributed by atoms with E-state index in [1.165, 1.54) is 5.56 Å². The second-order valence-corrected chi connectivity index (χ2v) is 8.20. The Morgan fingerprint density at radius 3 is 2.31 bits per heavy atom. The number of nitrogens with zero attached hydrogens (tertiary/aromatic N) is 3. The third kappa shape index (κ3) is 4.69. The fourth-order valence-corrected chi connectivity index (χ4v) is 4.20. The first-order valence-electron chi connectivity index (χ1n) is 10.4. The maximum absolute atomic E-state index is 12.7. The van der Waals surface area contributed by atoms with Crippen molar-refractivity contribution in [3.8, 4) is 0 Å². The summed E-state index contributed by atoms with van der Waals surface area (Å²) in [5.41, 5.74) is 4.13. The van der Waals surface area contributed by atoms with E-state index in [2.05, 4.69) is 43.2 Å². The molecule has 1 aliphatic rings. The Morgan fingerprint density at radius 1 is 1.07 bits per heavy atom. The van der Waals surface area contributed by atoms with Gasteiger partial charge in [-0.15, -0.1) is 0 Å². The number of hydrogen-bond acceptors (Lipinski definition) is 4. The summed E-state index contributed by atoms with van der Waals surface area (Å²) in [6, 6.07) is 8.61. The largest absolute Gasteiger partial charge is 0.452 e. The zero-order valence-electron chi connectivity index (χ0n) is 18.1. The summed E-state index contributed by atoms with van der Waals surface area (Å²) in [7, 11) is 0. The van der Waals surface area contributed by atoms with Crippen LogP contribution in [0.25, 0.3) is 0 Å². The Morgan fingerprint density at radius 2 is 1.69 bits per heavy atom. The fraction of sp³-hybridized carbons (Fsp3) is 0.522. The average molecular weight is 398 g/mol. The molecule has 6 nitrogen and oxygen atoms in total. The first-order chi connectivity index (χ1) is 13.8.